The molecule has 0 spiro atoms. The number of hydrogen-bond acceptors (Lipinski definition) is 3. The third-order valence-corrected chi connectivity index (χ3v) is 6.08. The van der Waals surface area contributed by atoms with Crippen LogP contribution < -0.4 is 4.57 Å². The molecule has 1 aromatic heterocycles. The molecule has 1 heterocycles. The van der Waals surface area contributed by atoms with Crippen molar-refractivity contribution in [3.8, 4) is 0 Å². The summed E-state index contributed by atoms with van der Waals surface area (Å²) >= 11 is 5.74. The summed E-state index contributed by atoms with van der Waals surface area (Å²) in [6.07, 6.45) is -3.14. The first-order chi connectivity index (χ1) is 10.8. The Hall–Kier alpha value is -1.32. The Bertz CT molecular complexity index is 864. The van der Waals surface area contributed by atoms with Gasteiger partial charge in [-0.3, -0.25) is 0 Å². The number of H-pyrrole nitrogens is 1. The van der Waals surface area contributed by atoms with Gasteiger partial charge in [-0.2, -0.15) is 13.2 Å². The maximum Gasteiger partial charge on any atom is 0.418 e. The first-order valence-electron chi connectivity index (χ1n) is 7.07. The second-order valence-electron chi connectivity index (χ2n) is 5.83. The maximum atomic E-state index is 12.9. The zero-order valence-electron chi connectivity index (χ0n) is 13.1. The fraction of sp³-hybridized carbons (Fsp3) is 0.500. The number of hydrogen-bond donors (Lipinski definition) is 1. The second-order valence-corrected chi connectivity index (χ2v) is 7.96. The van der Waals surface area contributed by atoms with E-state index in [9.17, 15) is 26.1 Å². The lowest BCUT2D eigenvalue weighted by Crippen LogP contribution is -2.44. The smallest absolute Gasteiger partial charge is 0.418 e. The molecule has 0 bridgehead atoms. The van der Waals surface area contributed by atoms with E-state index in [-0.39, 0.29) is 5.52 Å². The van der Waals surface area contributed by atoms with Gasteiger partial charge >= 0.3 is 6.18 Å². The van der Waals surface area contributed by atoms with E-state index in [1.54, 1.807) is 18.4 Å². The third-order valence-electron chi connectivity index (χ3n) is 4.42. The molecule has 3 unspecified atom stereocenters. The van der Waals surface area contributed by atoms with Crippen LogP contribution in [0.2, 0.25) is 5.02 Å². The number of rotatable bonds is 4. The summed E-state index contributed by atoms with van der Waals surface area (Å²) in [4.78, 5) is 2.72. The van der Waals surface area contributed by atoms with Crippen molar-refractivity contribution < 1.29 is 30.7 Å². The monoisotopic (exact) mass is 384 g/mol. The van der Waals surface area contributed by atoms with Crippen LogP contribution >= 0.6 is 11.6 Å². The number of imidazole rings is 1. The summed E-state index contributed by atoms with van der Waals surface area (Å²) in [6, 6.07) is 1.63. The number of nitrogens with zero attached hydrogens (tertiary/aromatic N) is 1. The van der Waals surface area contributed by atoms with Crippen LogP contribution in [0.3, 0.4) is 0 Å². The van der Waals surface area contributed by atoms with E-state index in [0.717, 1.165) is 6.07 Å². The Morgan fingerprint density at radius 2 is 1.83 bits per heavy atom. The van der Waals surface area contributed by atoms with Crippen molar-refractivity contribution in [1.29, 1.82) is 0 Å². The van der Waals surface area contributed by atoms with Gasteiger partial charge in [-0.1, -0.05) is 18.5 Å². The summed E-state index contributed by atoms with van der Waals surface area (Å²) in [5.41, 5.74) is -0.354. The highest BCUT2D eigenvalue weighted by Gasteiger charge is 2.35. The molecule has 5 nitrogen and oxygen atoms in total. The van der Waals surface area contributed by atoms with Crippen LogP contribution in [0, 0.1) is 5.92 Å². The lowest BCUT2D eigenvalue weighted by Gasteiger charge is -2.26. The number of alkyl halides is 3. The van der Waals surface area contributed by atoms with Gasteiger partial charge in [0, 0.05) is 18.1 Å². The highest BCUT2D eigenvalue weighted by molar-refractivity contribution is 7.86. The minimum atomic E-state index is -4.58. The topological polar surface area (TPSA) is 76.9 Å². The van der Waals surface area contributed by atoms with E-state index >= 15 is 0 Å². The molecule has 1 aromatic carbocycles. The van der Waals surface area contributed by atoms with E-state index in [0.29, 0.717) is 5.52 Å². The fourth-order valence-corrected chi connectivity index (χ4v) is 3.58. The molecule has 1 N–H and O–H groups in total. The van der Waals surface area contributed by atoms with E-state index in [1.165, 1.54) is 19.3 Å². The van der Waals surface area contributed by atoms with Gasteiger partial charge in [0.25, 0.3) is 0 Å². The van der Waals surface area contributed by atoms with E-state index < -0.39 is 44.1 Å². The Kier molecular flexibility index (Phi) is 4.91. The molecule has 2 rings (SSSR count). The van der Waals surface area contributed by atoms with E-state index in [2.05, 4.69) is 4.98 Å². The minimum absolute atomic E-state index is 0.211. The zero-order chi connectivity index (χ0) is 18.4. The Balaban J connectivity index is 2.49. The van der Waals surface area contributed by atoms with Crippen LogP contribution in [0.25, 0.3) is 11.0 Å². The maximum absolute atomic E-state index is 12.9. The van der Waals surface area contributed by atoms with Crippen molar-refractivity contribution in [1.82, 2.24) is 4.98 Å². The lowest BCUT2D eigenvalue weighted by atomic mass is 10.00. The SMILES string of the molecule is CC(C(C)[n+]1c[nH]c2cc(C(F)(F)F)c(Cl)cc21)C(C)S(=O)(=O)[O-]. The van der Waals surface area contributed by atoms with Gasteiger partial charge < -0.3 is 4.55 Å². The number of fused-ring (bicyclic) bond motifs is 1. The van der Waals surface area contributed by atoms with Crippen LogP contribution in [0.5, 0.6) is 0 Å². The minimum Gasteiger partial charge on any atom is -0.748 e. The molecule has 0 radical (unpaired) electrons. The quantitative estimate of drug-likeness (QED) is 0.649. The van der Waals surface area contributed by atoms with Crippen molar-refractivity contribution in [3.63, 3.8) is 0 Å². The molecular weight excluding hydrogens is 369 g/mol. The molecule has 0 aliphatic rings. The van der Waals surface area contributed by atoms with E-state index in [1.807, 2.05) is 0 Å². The van der Waals surface area contributed by atoms with Gasteiger partial charge in [-0.25, -0.2) is 18.0 Å². The van der Waals surface area contributed by atoms with Crippen LogP contribution in [0.1, 0.15) is 32.4 Å². The molecular formula is C14H16ClF3N2O3S. The molecule has 2 aromatic rings. The summed E-state index contributed by atoms with van der Waals surface area (Å²) in [7, 11) is -4.47. The van der Waals surface area contributed by atoms with Gasteiger partial charge in [-0.15, -0.1) is 0 Å². The predicted octanol–water partition coefficient (Wildman–Crippen LogP) is 3.26. The highest BCUT2D eigenvalue weighted by Crippen LogP contribution is 2.36. The molecule has 0 saturated heterocycles. The Labute approximate surface area is 142 Å². The first kappa shape index (κ1) is 19.0. The van der Waals surface area contributed by atoms with Crippen LogP contribution in [0.4, 0.5) is 13.2 Å². The first-order valence-corrected chi connectivity index (χ1v) is 8.92. The predicted molar refractivity (Wildman–Crippen MR) is 81.5 cm³/mol. The number of aromatic amines is 1. The normalized spacial score (nSPS) is 17.0. The van der Waals surface area contributed by atoms with Crippen molar-refractivity contribution >= 4 is 32.8 Å². The second kappa shape index (κ2) is 6.20. The van der Waals surface area contributed by atoms with Crippen LogP contribution in [-0.2, 0) is 16.3 Å². The summed E-state index contributed by atoms with van der Waals surface area (Å²) in [5.74, 6) is -0.558. The average Bonchev–Trinajstić information content (AvgIpc) is 2.84. The molecule has 0 amide bonds. The average molecular weight is 385 g/mol. The number of benzene rings is 1. The molecule has 3 atom stereocenters. The van der Waals surface area contributed by atoms with Crippen LogP contribution in [-0.4, -0.2) is 23.2 Å². The van der Waals surface area contributed by atoms with Crippen molar-refractivity contribution in [3.05, 3.63) is 29.0 Å². The van der Waals surface area contributed by atoms with Gasteiger partial charge in [0.1, 0.15) is 6.04 Å². The Morgan fingerprint density at radius 1 is 1.25 bits per heavy atom. The molecule has 24 heavy (non-hydrogen) atoms. The number of aromatic nitrogens is 2. The van der Waals surface area contributed by atoms with Crippen molar-refractivity contribution in [2.75, 3.05) is 0 Å². The molecule has 0 saturated carbocycles. The van der Waals surface area contributed by atoms with Gasteiger partial charge in [0.05, 0.1) is 26.0 Å². The fourth-order valence-electron chi connectivity index (χ4n) is 2.56. The standard InChI is InChI=1S/C14H16ClF3N2O3S/c1-7(9(3)24(21,22)23)8(2)20-6-19-12-4-10(14(16,17)18)11(15)5-13(12)20/h4-9H,1-3H3,(H,21,22,23). The molecule has 134 valence electrons. The van der Waals surface area contributed by atoms with Crippen molar-refractivity contribution in [2.45, 2.75) is 38.2 Å². The number of halogens is 4. The van der Waals surface area contributed by atoms with E-state index in [4.69, 9.17) is 11.6 Å². The van der Waals surface area contributed by atoms with Crippen LogP contribution in [0.15, 0.2) is 18.5 Å². The van der Waals surface area contributed by atoms with Gasteiger partial charge in [0.15, 0.2) is 11.0 Å². The summed E-state index contributed by atoms with van der Waals surface area (Å²) < 4.78 is 73.9. The highest BCUT2D eigenvalue weighted by atomic mass is 35.5. The van der Waals surface area contributed by atoms with Gasteiger partial charge in [0.2, 0.25) is 6.33 Å². The molecule has 0 aliphatic carbocycles. The number of nitrogens with one attached hydrogen (secondary N) is 1. The Morgan fingerprint density at radius 3 is 2.33 bits per heavy atom. The van der Waals surface area contributed by atoms with Crippen molar-refractivity contribution in [2.24, 2.45) is 5.92 Å². The zero-order valence-corrected chi connectivity index (χ0v) is 14.6. The summed E-state index contributed by atoms with van der Waals surface area (Å²) in [6.45, 7) is 4.60. The molecule has 0 fully saturated rings. The lowest BCUT2D eigenvalue weighted by molar-refractivity contribution is -0.701. The summed E-state index contributed by atoms with van der Waals surface area (Å²) in [5, 5.41) is -1.59. The third kappa shape index (κ3) is 3.52. The molecule has 10 heteroatoms. The largest absolute Gasteiger partial charge is 0.748 e. The molecule has 0 aliphatic heterocycles. The van der Waals surface area contributed by atoms with Gasteiger partial charge in [-0.05, 0) is 13.8 Å².